The van der Waals surface area contributed by atoms with Gasteiger partial charge in [0.2, 0.25) is 0 Å². The van der Waals surface area contributed by atoms with Gasteiger partial charge in [-0.05, 0) is 128 Å². The Labute approximate surface area is 156 Å². The van der Waals surface area contributed by atoms with Crippen LogP contribution in [-0.4, -0.2) is 52.4 Å². The van der Waals surface area contributed by atoms with E-state index >= 15 is 0 Å². The van der Waals surface area contributed by atoms with Crippen molar-refractivity contribution < 1.29 is 0 Å². The largest absolute Gasteiger partial charge is 0.317 e. The van der Waals surface area contributed by atoms with Gasteiger partial charge in [-0.2, -0.15) is 0 Å². The summed E-state index contributed by atoms with van der Waals surface area (Å²) in [5, 5.41) is 14.3. The average molecular weight is 353 g/mol. The lowest BCUT2D eigenvalue weighted by Gasteiger charge is -2.07. The highest BCUT2D eigenvalue weighted by atomic mass is 14.9. The van der Waals surface area contributed by atoms with Crippen molar-refractivity contribution in [1.82, 2.24) is 21.3 Å². The molecule has 4 nitrogen and oxygen atoms in total. The van der Waals surface area contributed by atoms with Gasteiger partial charge in [-0.15, -0.1) is 0 Å². The molecule has 0 amide bonds. The first-order valence-corrected chi connectivity index (χ1v) is 11.3. The predicted molar refractivity (Wildman–Crippen MR) is 109 cm³/mol. The molecule has 0 aromatic rings. The van der Waals surface area contributed by atoms with E-state index < -0.39 is 0 Å². The summed E-state index contributed by atoms with van der Waals surface area (Å²) in [5.74, 6) is 2.03. The molecule has 2 saturated carbocycles. The van der Waals surface area contributed by atoms with Gasteiger partial charge >= 0.3 is 0 Å². The van der Waals surface area contributed by atoms with Crippen LogP contribution in [0.3, 0.4) is 0 Å². The molecule has 2 aliphatic carbocycles. The van der Waals surface area contributed by atoms with Crippen LogP contribution in [-0.2, 0) is 0 Å². The van der Waals surface area contributed by atoms with Gasteiger partial charge in [0, 0.05) is 0 Å². The molecule has 0 heterocycles. The summed E-state index contributed by atoms with van der Waals surface area (Å²) in [7, 11) is 0. The van der Waals surface area contributed by atoms with Crippen LogP contribution in [0.4, 0.5) is 0 Å². The fraction of sp³-hybridized carbons (Fsp3) is 1.00. The third-order valence-corrected chi connectivity index (χ3v) is 5.38. The molecule has 0 atom stereocenters. The Bertz CT molecular complexity index is 262. The van der Waals surface area contributed by atoms with Crippen molar-refractivity contribution in [1.29, 1.82) is 0 Å². The average Bonchev–Trinajstić information content (AvgIpc) is 3.52. The molecule has 0 radical (unpaired) electrons. The molecule has 0 bridgehead atoms. The van der Waals surface area contributed by atoms with Crippen LogP contribution in [0.15, 0.2) is 0 Å². The van der Waals surface area contributed by atoms with Crippen molar-refractivity contribution in [2.45, 2.75) is 70.6 Å². The van der Waals surface area contributed by atoms with Crippen LogP contribution < -0.4 is 21.3 Å². The molecule has 25 heavy (non-hydrogen) atoms. The first-order valence-electron chi connectivity index (χ1n) is 11.3. The van der Waals surface area contributed by atoms with Gasteiger partial charge in [0.1, 0.15) is 0 Å². The molecule has 0 spiro atoms. The molecule has 4 N–H and O–H groups in total. The Morgan fingerprint density at radius 1 is 0.400 bits per heavy atom. The fourth-order valence-corrected chi connectivity index (χ4v) is 3.18. The van der Waals surface area contributed by atoms with Gasteiger partial charge in [0.25, 0.3) is 0 Å². The third-order valence-electron chi connectivity index (χ3n) is 5.38. The molecule has 0 aromatic carbocycles. The minimum absolute atomic E-state index is 1.02. The zero-order valence-electron chi connectivity index (χ0n) is 16.6. The zero-order chi connectivity index (χ0) is 17.4. The normalized spacial score (nSPS) is 17.3. The third kappa shape index (κ3) is 14.7. The minimum atomic E-state index is 1.02. The van der Waals surface area contributed by atoms with Gasteiger partial charge < -0.3 is 21.3 Å². The molecule has 2 rings (SSSR count). The maximum Gasteiger partial charge on any atom is -0.00205 e. The summed E-state index contributed by atoms with van der Waals surface area (Å²) in [6, 6.07) is 0. The lowest BCUT2D eigenvalue weighted by Crippen LogP contribution is -2.22. The summed E-state index contributed by atoms with van der Waals surface area (Å²) in [6.07, 6.45) is 15.1. The first-order chi connectivity index (χ1) is 12.4. The highest BCUT2D eigenvalue weighted by Gasteiger charge is 2.20. The van der Waals surface area contributed by atoms with Gasteiger partial charge in [-0.25, -0.2) is 0 Å². The highest BCUT2D eigenvalue weighted by Crippen LogP contribution is 2.27. The number of hydrogen-bond acceptors (Lipinski definition) is 4. The lowest BCUT2D eigenvalue weighted by atomic mass is 10.2. The molecule has 2 aliphatic rings. The van der Waals surface area contributed by atoms with E-state index in [2.05, 4.69) is 21.3 Å². The summed E-state index contributed by atoms with van der Waals surface area (Å²) < 4.78 is 0. The topological polar surface area (TPSA) is 48.1 Å². The van der Waals surface area contributed by atoms with Crippen LogP contribution in [0, 0.1) is 11.8 Å². The van der Waals surface area contributed by atoms with Crippen LogP contribution in [0.5, 0.6) is 0 Å². The van der Waals surface area contributed by atoms with E-state index in [-0.39, 0.29) is 0 Å². The molecular formula is C21H44N4. The molecule has 0 aliphatic heterocycles. The second kappa shape index (κ2) is 15.0. The number of hydrogen-bond donors (Lipinski definition) is 4. The number of nitrogens with one attached hydrogen (secondary N) is 4. The summed E-state index contributed by atoms with van der Waals surface area (Å²) in [4.78, 5) is 0. The molecule has 0 aromatic heterocycles. The van der Waals surface area contributed by atoms with Crippen molar-refractivity contribution in [3.05, 3.63) is 0 Å². The second-order valence-corrected chi connectivity index (χ2v) is 8.27. The summed E-state index contributed by atoms with van der Waals surface area (Å²) in [5.41, 5.74) is 0. The monoisotopic (exact) mass is 352 g/mol. The Morgan fingerprint density at radius 3 is 1.08 bits per heavy atom. The van der Waals surface area contributed by atoms with Crippen molar-refractivity contribution in [3.63, 3.8) is 0 Å². The Kier molecular flexibility index (Phi) is 12.6. The van der Waals surface area contributed by atoms with E-state index in [1.807, 2.05) is 0 Å². The molecule has 2 fully saturated rings. The predicted octanol–water partition coefficient (Wildman–Crippen LogP) is 2.90. The summed E-state index contributed by atoms with van der Waals surface area (Å²) >= 11 is 0. The van der Waals surface area contributed by atoms with Gasteiger partial charge in [-0.3, -0.25) is 0 Å². The van der Waals surface area contributed by atoms with Crippen molar-refractivity contribution >= 4 is 0 Å². The number of unbranched alkanes of at least 4 members (excludes halogenated alkanes) is 4. The van der Waals surface area contributed by atoms with Crippen LogP contribution in [0.1, 0.15) is 70.6 Å². The minimum Gasteiger partial charge on any atom is -0.317 e. The summed E-state index contributed by atoms with van der Waals surface area (Å²) in [6.45, 7) is 9.72. The first kappa shape index (κ1) is 21.1. The van der Waals surface area contributed by atoms with E-state index in [1.165, 1.54) is 123 Å². The molecule has 4 heteroatoms. The Balaban J connectivity index is 1.14. The van der Waals surface area contributed by atoms with Crippen LogP contribution >= 0.6 is 0 Å². The molecule has 148 valence electrons. The molecule has 0 unspecified atom stereocenters. The smallest absolute Gasteiger partial charge is 0.00205 e. The number of rotatable bonds is 20. The van der Waals surface area contributed by atoms with Crippen molar-refractivity contribution in [2.75, 3.05) is 52.4 Å². The van der Waals surface area contributed by atoms with Gasteiger partial charge in [0.15, 0.2) is 0 Å². The second-order valence-electron chi connectivity index (χ2n) is 8.27. The maximum absolute atomic E-state index is 3.59. The fourth-order valence-electron chi connectivity index (χ4n) is 3.18. The quantitative estimate of drug-likeness (QED) is 0.255. The molecule has 0 saturated heterocycles. The van der Waals surface area contributed by atoms with Crippen molar-refractivity contribution in [2.24, 2.45) is 11.8 Å². The van der Waals surface area contributed by atoms with E-state index in [1.54, 1.807) is 0 Å². The Hall–Kier alpha value is -0.160. The van der Waals surface area contributed by atoms with E-state index in [4.69, 9.17) is 0 Å². The van der Waals surface area contributed by atoms with E-state index in [0.29, 0.717) is 0 Å². The SMILES string of the molecule is C(CCNCCCCNCC1CC1)CCNCCCCNCC1CC1. The lowest BCUT2D eigenvalue weighted by molar-refractivity contribution is 0.534. The molecular weight excluding hydrogens is 308 g/mol. The van der Waals surface area contributed by atoms with E-state index in [9.17, 15) is 0 Å². The Morgan fingerprint density at radius 2 is 0.720 bits per heavy atom. The zero-order valence-corrected chi connectivity index (χ0v) is 16.6. The van der Waals surface area contributed by atoms with E-state index in [0.717, 1.165) is 11.8 Å². The van der Waals surface area contributed by atoms with Crippen molar-refractivity contribution in [3.8, 4) is 0 Å². The van der Waals surface area contributed by atoms with Crippen LogP contribution in [0.2, 0.25) is 0 Å². The van der Waals surface area contributed by atoms with Gasteiger partial charge in [0.05, 0.1) is 0 Å². The highest BCUT2D eigenvalue weighted by molar-refractivity contribution is 4.75. The standard InChI is InChI=1S/C21H44N4/c1(2-12-22-14-4-6-16-24-18-20-8-9-20)3-13-23-15-5-7-17-25-19-21-10-11-21/h20-25H,1-19H2. The van der Waals surface area contributed by atoms with Crippen LogP contribution in [0.25, 0.3) is 0 Å². The maximum atomic E-state index is 3.59. The van der Waals surface area contributed by atoms with Gasteiger partial charge in [-0.1, -0.05) is 6.42 Å².